The number of fused-ring (bicyclic) bond motifs is 10. The van der Waals surface area contributed by atoms with Crippen LogP contribution < -0.4 is 0 Å². The molecule has 0 atom stereocenters. The molecule has 0 amide bonds. The van der Waals surface area contributed by atoms with Crippen LogP contribution in [0.4, 0.5) is 0 Å². The number of hydrogen-bond donors (Lipinski definition) is 0. The SMILES string of the molecule is [2H]c1c([2H])c([2H])c2c(c1[2H])-c1c([2H])c([2H])c3c4c([2H])c([2H])c([2H])c([2H])c4n(-c4nc(-c5ccc(-c6ccccc6)cc5)nc(-c5cccc6sc7ccccc7c56)n4)c3c1C2(C([2H])([2H])[2H])C([2H])([2H])[2H]. The minimum Gasteiger partial charge on any atom is -0.277 e. The van der Waals surface area contributed by atoms with Crippen molar-refractivity contribution in [2.75, 3.05) is 0 Å². The van der Waals surface area contributed by atoms with E-state index in [-0.39, 0.29) is 28.5 Å². The molecule has 11 rings (SSSR count). The maximum absolute atomic E-state index is 9.62. The maximum atomic E-state index is 9.62. The van der Waals surface area contributed by atoms with Crippen LogP contribution >= 0.6 is 11.3 Å². The summed E-state index contributed by atoms with van der Waals surface area (Å²) in [6.45, 7) is -7.39. The standard InChI is InChI=1S/C48H32N4S/c1-48(2)38-19-9-6-15-32(38)34-27-28-35-33-16-7-10-20-39(33)52(44(35)43(34)48)47-50-45(31-25-23-30(24-26-31)29-13-4-3-5-14-29)49-46(51-47)37-18-12-22-41-42(37)36-17-8-11-21-40(36)53-41/h3-28H,1-2H3/i1D3,2D3,6D,7D,9D,10D,15D,16D,19D,20D,27D,28D. The average Bonchev–Trinajstić information content (AvgIpc) is 4.01. The first-order chi connectivity index (χ1) is 32.7. The quantitative estimate of drug-likeness (QED) is 0.182. The fraction of sp³-hybridized carbons (Fsp3) is 0.0625. The third kappa shape index (κ3) is 4.44. The molecule has 0 radical (unpaired) electrons. The molecule has 1 aliphatic carbocycles. The second-order valence-electron chi connectivity index (χ2n) is 12.8. The first-order valence-corrected chi connectivity index (χ1v) is 17.5. The van der Waals surface area contributed by atoms with Gasteiger partial charge in [0, 0.05) is 55.7 Å². The van der Waals surface area contributed by atoms with Gasteiger partial charge >= 0.3 is 0 Å². The van der Waals surface area contributed by atoms with Gasteiger partial charge in [0.1, 0.15) is 0 Å². The van der Waals surface area contributed by atoms with E-state index in [2.05, 4.69) is 0 Å². The number of nitrogens with zero attached hydrogens (tertiary/aromatic N) is 4. The molecule has 0 spiro atoms. The van der Waals surface area contributed by atoms with Crippen LogP contribution in [-0.4, -0.2) is 19.5 Å². The molecular weight excluding hydrogens is 665 g/mol. The van der Waals surface area contributed by atoms with Crippen LogP contribution in [0.15, 0.2) is 157 Å². The molecule has 3 heterocycles. The first-order valence-electron chi connectivity index (χ1n) is 24.7. The molecule has 53 heavy (non-hydrogen) atoms. The van der Waals surface area contributed by atoms with Crippen molar-refractivity contribution in [1.29, 1.82) is 0 Å². The summed E-state index contributed by atoms with van der Waals surface area (Å²) in [5, 5.41) is 0.843. The highest BCUT2D eigenvalue weighted by atomic mass is 32.1. The van der Waals surface area contributed by atoms with E-state index < -0.39 is 113 Å². The summed E-state index contributed by atoms with van der Waals surface area (Å²) in [5.41, 5.74) is -4.23. The van der Waals surface area contributed by atoms with Crippen molar-refractivity contribution >= 4 is 53.3 Å². The molecule has 0 fully saturated rings. The Morgan fingerprint density at radius 3 is 2.19 bits per heavy atom. The van der Waals surface area contributed by atoms with E-state index in [0.29, 0.717) is 11.1 Å². The molecule has 0 saturated heterocycles. The van der Waals surface area contributed by atoms with E-state index in [1.807, 2.05) is 78.9 Å². The van der Waals surface area contributed by atoms with Crippen molar-refractivity contribution in [1.82, 2.24) is 19.5 Å². The molecule has 0 unspecified atom stereocenters. The van der Waals surface area contributed by atoms with Gasteiger partial charge in [0.15, 0.2) is 11.6 Å². The van der Waals surface area contributed by atoms with Crippen molar-refractivity contribution in [3.8, 4) is 51.0 Å². The molecule has 7 aromatic carbocycles. The van der Waals surface area contributed by atoms with E-state index in [0.717, 1.165) is 35.9 Å². The summed E-state index contributed by atoms with van der Waals surface area (Å²) in [6.07, 6.45) is 0. The molecule has 250 valence electrons. The van der Waals surface area contributed by atoms with Crippen LogP contribution in [-0.2, 0) is 5.41 Å². The fourth-order valence-electron chi connectivity index (χ4n) is 7.44. The Morgan fingerprint density at radius 1 is 0.566 bits per heavy atom. The second kappa shape index (κ2) is 11.3. The Bertz CT molecular complexity index is 3870. The van der Waals surface area contributed by atoms with Crippen molar-refractivity contribution in [2.45, 2.75) is 19.1 Å². The molecule has 5 heteroatoms. The average molecular weight is 713 g/mol. The highest BCUT2D eigenvalue weighted by molar-refractivity contribution is 7.25. The number of para-hydroxylation sites is 1. The van der Waals surface area contributed by atoms with Gasteiger partial charge in [-0.1, -0.05) is 153 Å². The van der Waals surface area contributed by atoms with E-state index >= 15 is 0 Å². The van der Waals surface area contributed by atoms with Gasteiger partial charge in [-0.2, -0.15) is 9.97 Å². The van der Waals surface area contributed by atoms with Crippen LogP contribution in [0, 0.1) is 0 Å². The molecule has 0 bridgehead atoms. The van der Waals surface area contributed by atoms with E-state index in [4.69, 9.17) is 23.2 Å². The van der Waals surface area contributed by atoms with Gasteiger partial charge in [-0.25, -0.2) is 4.98 Å². The van der Waals surface area contributed by atoms with Gasteiger partial charge < -0.3 is 0 Å². The predicted molar refractivity (Wildman–Crippen MR) is 221 cm³/mol. The zero-order valence-corrected chi connectivity index (χ0v) is 28.3. The summed E-state index contributed by atoms with van der Waals surface area (Å²) >= 11 is 1.54. The van der Waals surface area contributed by atoms with Crippen LogP contribution in [0.5, 0.6) is 0 Å². The lowest BCUT2D eigenvalue weighted by Crippen LogP contribution is -2.17. The number of hydrogen-bond acceptors (Lipinski definition) is 4. The summed E-state index contributed by atoms with van der Waals surface area (Å²) in [5.74, 6) is -0.279. The van der Waals surface area contributed by atoms with Crippen molar-refractivity contribution in [3.63, 3.8) is 0 Å². The Morgan fingerprint density at radius 2 is 1.30 bits per heavy atom. The highest BCUT2D eigenvalue weighted by Gasteiger charge is 2.38. The van der Waals surface area contributed by atoms with Crippen LogP contribution in [0.3, 0.4) is 0 Å². The molecule has 1 aliphatic rings. The molecular formula is C48H32N4S. The van der Waals surface area contributed by atoms with Gasteiger partial charge in [-0.15, -0.1) is 11.3 Å². The summed E-state index contributed by atoms with van der Waals surface area (Å²) in [6, 6.07) is 22.2. The Labute approximate surface area is 333 Å². The Kier molecular flexibility index (Phi) is 3.91. The Balaban J connectivity index is 1.38. The zero-order chi connectivity index (χ0) is 49.0. The first kappa shape index (κ1) is 18.4. The minimum absolute atomic E-state index is 0.0441. The van der Waals surface area contributed by atoms with Gasteiger partial charge in [0.05, 0.1) is 24.7 Å². The second-order valence-corrected chi connectivity index (χ2v) is 13.9. The molecule has 4 nitrogen and oxygen atoms in total. The van der Waals surface area contributed by atoms with Crippen LogP contribution in [0.2, 0.25) is 0 Å². The van der Waals surface area contributed by atoms with Gasteiger partial charge in [0.25, 0.3) is 0 Å². The maximum Gasteiger partial charge on any atom is 0.238 e. The molecule has 0 N–H and O–H groups in total. The van der Waals surface area contributed by atoms with E-state index in [1.165, 1.54) is 11.3 Å². The number of aromatic nitrogens is 4. The Hall–Kier alpha value is -6.43. The molecule has 0 saturated carbocycles. The third-order valence-electron chi connectivity index (χ3n) is 9.81. The normalized spacial score (nSPS) is 18.0. The molecule has 10 aromatic rings. The summed E-state index contributed by atoms with van der Waals surface area (Å²) in [7, 11) is 0. The van der Waals surface area contributed by atoms with E-state index in [9.17, 15) is 13.7 Å². The predicted octanol–water partition coefficient (Wildman–Crippen LogP) is 12.6. The lowest BCUT2D eigenvalue weighted by atomic mass is 9.81. The van der Waals surface area contributed by atoms with E-state index in [1.54, 1.807) is 18.2 Å². The van der Waals surface area contributed by atoms with Crippen molar-refractivity contribution in [3.05, 3.63) is 169 Å². The summed E-state index contributed by atoms with van der Waals surface area (Å²) < 4.78 is 149. The van der Waals surface area contributed by atoms with Gasteiger partial charge in [-0.05, 0) is 51.6 Å². The molecule has 3 aromatic heterocycles. The smallest absolute Gasteiger partial charge is 0.238 e. The lowest BCUT2D eigenvalue weighted by Gasteiger charge is -2.23. The topological polar surface area (TPSA) is 43.6 Å². The summed E-state index contributed by atoms with van der Waals surface area (Å²) in [4.78, 5) is 15.0. The number of rotatable bonds is 4. The fourth-order valence-corrected chi connectivity index (χ4v) is 8.57. The zero-order valence-electron chi connectivity index (χ0n) is 43.4. The van der Waals surface area contributed by atoms with Gasteiger partial charge in [0.2, 0.25) is 5.95 Å². The van der Waals surface area contributed by atoms with Crippen molar-refractivity contribution in [2.24, 2.45) is 0 Å². The van der Waals surface area contributed by atoms with Gasteiger partial charge in [-0.3, -0.25) is 4.57 Å². The highest BCUT2D eigenvalue weighted by Crippen LogP contribution is 2.53. The largest absolute Gasteiger partial charge is 0.277 e. The number of benzene rings is 7. The van der Waals surface area contributed by atoms with Crippen LogP contribution in [0.1, 0.15) is 46.8 Å². The van der Waals surface area contributed by atoms with Crippen LogP contribution in [0.25, 0.3) is 93.0 Å². The third-order valence-corrected chi connectivity index (χ3v) is 10.9. The monoisotopic (exact) mass is 712 g/mol. The molecule has 0 aliphatic heterocycles. The minimum atomic E-state index is -3.69. The van der Waals surface area contributed by atoms with Crippen molar-refractivity contribution < 1.29 is 21.9 Å². The lowest BCUT2D eigenvalue weighted by molar-refractivity contribution is 0.663. The number of thiophene rings is 1.